The van der Waals surface area contributed by atoms with Crippen molar-refractivity contribution >= 4 is 17.3 Å². The molecule has 6 heteroatoms. The summed E-state index contributed by atoms with van der Waals surface area (Å²) in [6.45, 7) is 2.21. The first kappa shape index (κ1) is 24.2. The minimum absolute atomic E-state index is 0.0501. The first-order valence-corrected chi connectivity index (χ1v) is 12.9. The third kappa shape index (κ3) is 4.82. The number of carbonyl (C=O) groups is 3. The van der Waals surface area contributed by atoms with Crippen molar-refractivity contribution in [3.05, 3.63) is 58.0 Å². The van der Waals surface area contributed by atoms with Gasteiger partial charge in [0.15, 0.2) is 5.78 Å². The number of allylic oxidation sites excluding steroid dienone is 4. The number of hydrogen-bond donors (Lipinski definition) is 2. The Morgan fingerprint density at radius 1 is 0.941 bits per heavy atom. The summed E-state index contributed by atoms with van der Waals surface area (Å²) in [7, 11) is 0. The van der Waals surface area contributed by atoms with Gasteiger partial charge in [0, 0.05) is 28.8 Å². The van der Waals surface area contributed by atoms with Crippen LogP contribution >= 0.6 is 0 Å². The van der Waals surface area contributed by atoms with Crippen molar-refractivity contribution < 1.29 is 23.9 Å². The van der Waals surface area contributed by atoms with Crippen LogP contribution in [0.3, 0.4) is 0 Å². The van der Waals surface area contributed by atoms with Gasteiger partial charge in [0.25, 0.3) is 0 Å². The topological polar surface area (TPSA) is 96.6 Å². The number of carbonyl (C=O) groups excluding carboxylic acids is 3. The molecule has 182 valence electrons. The van der Waals surface area contributed by atoms with E-state index in [1.54, 1.807) is 12.1 Å². The van der Waals surface area contributed by atoms with E-state index in [1.807, 2.05) is 0 Å². The maximum Gasteiger partial charge on any atom is 0.233 e. The first-order valence-electron chi connectivity index (χ1n) is 12.9. The molecule has 0 radical (unpaired) electrons. The zero-order chi connectivity index (χ0) is 24.1. The van der Waals surface area contributed by atoms with Crippen molar-refractivity contribution in [2.75, 3.05) is 0 Å². The van der Waals surface area contributed by atoms with E-state index in [2.05, 4.69) is 12.2 Å². The molecule has 4 rings (SSSR count). The van der Waals surface area contributed by atoms with E-state index < -0.39 is 17.5 Å². The van der Waals surface area contributed by atoms with Gasteiger partial charge in [0.1, 0.15) is 11.5 Å². The molecule has 0 bridgehead atoms. The first-order chi connectivity index (χ1) is 16.5. The van der Waals surface area contributed by atoms with E-state index in [1.165, 1.54) is 44.8 Å². The molecular formula is C28H35NO5. The maximum absolute atomic E-state index is 13.3. The molecule has 2 N–H and O–H groups in total. The Morgan fingerprint density at radius 3 is 2.32 bits per heavy atom. The van der Waals surface area contributed by atoms with Gasteiger partial charge in [0.2, 0.25) is 11.6 Å². The van der Waals surface area contributed by atoms with E-state index in [4.69, 9.17) is 4.42 Å². The van der Waals surface area contributed by atoms with Crippen molar-refractivity contribution in [2.24, 2.45) is 0 Å². The van der Waals surface area contributed by atoms with E-state index in [0.29, 0.717) is 42.7 Å². The Bertz CT molecular complexity index is 1040. The van der Waals surface area contributed by atoms with Crippen molar-refractivity contribution in [3.8, 4) is 0 Å². The van der Waals surface area contributed by atoms with Crippen LogP contribution in [0.5, 0.6) is 0 Å². The Labute approximate surface area is 201 Å². The lowest BCUT2D eigenvalue weighted by atomic mass is 9.72. The molecule has 3 aliphatic rings. The summed E-state index contributed by atoms with van der Waals surface area (Å²) in [5.74, 6) is -1.85. The van der Waals surface area contributed by atoms with E-state index in [0.717, 1.165) is 19.3 Å². The zero-order valence-corrected chi connectivity index (χ0v) is 20.1. The second-order valence-corrected chi connectivity index (χ2v) is 9.59. The number of dihydropyridines is 1. The fraction of sp³-hybridized carbons (Fsp3) is 0.536. The summed E-state index contributed by atoms with van der Waals surface area (Å²) < 4.78 is 5.59. The van der Waals surface area contributed by atoms with Gasteiger partial charge >= 0.3 is 0 Å². The van der Waals surface area contributed by atoms with Gasteiger partial charge in [-0.3, -0.25) is 14.4 Å². The highest BCUT2D eigenvalue weighted by atomic mass is 16.3. The van der Waals surface area contributed by atoms with Crippen LogP contribution in [0.25, 0.3) is 0 Å². The predicted octanol–water partition coefficient (Wildman–Crippen LogP) is 6.11. The van der Waals surface area contributed by atoms with Crippen LogP contribution in [-0.4, -0.2) is 22.5 Å². The predicted molar refractivity (Wildman–Crippen MR) is 129 cm³/mol. The number of aliphatic hydroxyl groups is 1. The Hall–Kier alpha value is -2.89. The van der Waals surface area contributed by atoms with Crippen LogP contribution in [0, 0.1) is 0 Å². The highest BCUT2D eigenvalue weighted by molar-refractivity contribution is 6.50. The van der Waals surface area contributed by atoms with Crippen molar-refractivity contribution in [1.82, 2.24) is 5.32 Å². The molecular weight excluding hydrogens is 430 g/mol. The quantitative estimate of drug-likeness (QED) is 0.232. The third-order valence-electron chi connectivity index (χ3n) is 7.18. The van der Waals surface area contributed by atoms with Gasteiger partial charge in [0.05, 0.1) is 17.9 Å². The maximum atomic E-state index is 13.3. The minimum atomic E-state index is -0.762. The molecule has 2 heterocycles. The molecule has 0 aromatic carbocycles. The molecule has 1 aromatic heterocycles. The van der Waals surface area contributed by atoms with Gasteiger partial charge in [-0.15, -0.1) is 0 Å². The summed E-state index contributed by atoms with van der Waals surface area (Å²) >= 11 is 0. The number of hydrogen-bond acceptors (Lipinski definition) is 6. The average molecular weight is 466 g/mol. The van der Waals surface area contributed by atoms with E-state index in [9.17, 15) is 19.5 Å². The lowest BCUT2D eigenvalue weighted by Gasteiger charge is -2.35. The van der Waals surface area contributed by atoms with Crippen LogP contribution in [0.2, 0.25) is 0 Å². The van der Waals surface area contributed by atoms with Crippen LogP contribution in [-0.2, 0) is 14.4 Å². The van der Waals surface area contributed by atoms with Crippen LogP contribution in [0.15, 0.2) is 56.7 Å². The number of unbranched alkanes of at least 4 members (excludes halogenated alkanes) is 8. The number of furan rings is 1. The molecule has 0 fully saturated rings. The van der Waals surface area contributed by atoms with Gasteiger partial charge in [-0.2, -0.15) is 0 Å². The number of ketones is 3. The molecule has 2 aliphatic carbocycles. The SMILES string of the molecule is CCCCCCCCCCCC1=C(O)C2=C(C(=O)C1=O)C(c1ccco1)C1=C(CCCC1=O)N2. The molecule has 0 amide bonds. The molecule has 1 aromatic rings. The number of nitrogens with one attached hydrogen (secondary N) is 1. The third-order valence-corrected chi connectivity index (χ3v) is 7.18. The van der Waals surface area contributed by atoms with Crippen LogP contribution in [0.4, 0.5) is 0 Å². The van der Waals surface area contributed by atoms with Crippen molar-refractivity contribution in [3.63, 3.8) is 0 Å². The number of rotatable bonds is 11. The smallest absolute Gasteiger partial charge is 0.233 e. The molecule has 1 atom stereocenters. The molecule has 1 unspecified atom stereocenters. The highest BCUT2D eigenvalue weighted by Crippen LogP contribution is 2.45. The highest BCUT2D eigenvalue weighted by Gasteiger charge is 2.46. The van der Waals surface area contributed by atoms with Gasteiger partial charge < -0.3 is 14.8 Å². The summed E-state index contributed by atoms with van der Waals surface area (Å²) in [5.41, 5.74) is 1.78. The molecule has 6 nitrogen and oxygen atoms in total. The van der Waals surface area contributed by atoms with E-state index in [-0.39, 0.29) is 28.4 Å². The lowest BCUT2D eigenvalue weighted by molar-refractivity contribution is -0.132. The van der Waals surface area contributed by atoms with Gasteiger partial charge in [-0.25, -0.2) is 0 Å². The standard InChI is InChI=1S/C28H35NO5/c1-2-3-4-5-6-7-8-9-10-13-18-26(31)25-24(28(33)27(18)32)23(21-16-12-17-34-21)22-19(29-25)14-11-15-20(22)30/h12,16-17,23,29,31H,2-11,13-15H2,1H3. The normalized spacial score (nSPS) is 20.6. The molecule has 1 aliphatic heterocycles. The Balaban J connectivity index is 1.51. The van der Waals surface area contributed by atoms with E-state index >= 15 is 0 Å². The largest absolute Gasteiger partial charge is 0.505 e. The molecule has 0 saturated heterocycles. The zero-order valence-electron chi connectivity index (χ0n) is 20.1. The summed E-state index contributed by atoms with van der Waals surface area (Å²) in [5, 5.41) is 14.3. The lowest BCUT2D eigenvalue weighted by Crippen LogP contribution is -2.40. The van der Waals surface area contributed by atoms with Crippen molar-refractivity contribution in [1.29, 1.82) is 0 Å². The second kappa shape index (κ2) is 11.0. The fourth-order valence-corrected chi connectivity index (χ4v) is 5.37. The van der Waals surface area contributed by atoms with Crippen LogP contribution in [0.1, 0.15) is 102 Å². The second-order valence-electron chi connectivity index (χ2n) is 9.59. The summed E-state index contributed by atoms with van der Waals surface area (Å²) in [4.78, 5) is 39.2. The summed E-state index contributed by atoms with van der Waals surface area (Å²) in [6.07, 6.45) is 13.9. The number of aliphatic hydroxyl groups excluding tert-OH is 1. The van der Waals surface area contributed by atoms with Gasteiger partial charge in [-0.1, -0.05) is 58.3 Å². The van der Waals surface area contributed by atoms with Crippen molar-refractivity contribution in [2.45, 2.75) is 96.3 Å². The number of Topliss-reactive ketones (excluding diaryl/α,β-unsaturated/α-hetero) is 3. The van der Waals surface area contributed by atoms with Crippen LogP contribution < -0.4 is 5.32 Å². The Morgan fingerprint density at radius 2 is 1.65 bits per heavy atom. The monoisotopic (exact) mass is 465 g/mol. The molecule has 0 spiro atoms. The fourth-order valence-electron chi connectivity index (χ4n) is 5.37. The molecule has 0 saturated carbocycles. The molecule has 34 heavy (non-hydrogen) atoms. The Kier molecular flexibility index (Phi) is 7.86. The van der Waals surface area contributed by atoms with Gasteiger partial charge in [-0.05, 0) is 37.8 Å². The minimum Gasteiger partial charge on any atom is -0.505 e. The summed E-state index contributed by atoms with van der Waals surface area (Å²) in [6, 6.07) is 3.41. The average Bonchev–Trinajstić information content (AvgIpc) is 3.37.